The molecule has 0 unspecified atom stereocenters. The zero-order chi connectivity index (χ0) is 45.5. The number of para-hydroxylation sites is 4. The molecule has 324 valence electrons. The monoisotopic (exact) mass is 883 g/mol. The number of benzene rings is 11. The lowest BCUT2D eigenvalue weighted by atomic mass is 9.62. The Kier molecular flexibility index (Phi) is 8.77. The van der Waals surface area contributed by atoms with E-state index in [1.165, 1.54) is 16.7 Å². The second-order valence-electron chi connectivity index (χ2n) is 17.9. The minimum Gasteiger partial charge on any atom is -0.457 e. The van der Waals surface area contributed by atoms with Crippen LogP contribution in [0.4, 0.5) is 17.1 Å². The molecule has 1 spiro atoms. The van der Waals surface area contributed by atoms with E-state index in [1.54, 1.807) is 0 Å². The van der Waals surface area contributed by atoms with Gasteiger partial charge in [-0.15, -0.1) is 0 Å². The normalized spacial score (nSPS) is 13.0. The first-order chi connectivity index (χ1) is 34.2. The van der Waals surface area contributed by atoms with Gasteiger partial charge in [0.1, 0.15) is 34.2 Å². The Morgan fingerprint density at radius 3 is 1.46 bits per heavy atom. The molecule has 4 heteroatoms. The van der Waals surface area contributed by atoms with Crippen LogP contribution in [0, 0.1) is 0 Å². The largest absolute Gasteiger partial charge is 0.457 e. The van der Waals surface area contributed by atoms with Crippen molar-refractivity contribution in [2.24, 2.45) is 0 Å². The minimum atomic E-state index is -0.631. The zero-order valence-electron chi connectivity index (χ0n) is 37.3. The van der Waals surface area contributed by atoms with Gasteiger partial charge in [0, 0.05) is 55.5 Å². The van der Waals surface area contributed by atoms with Crippen molar-refractivity contribution >= 4 is 49.8 Å². The molecule has 0 fully saturated rings. The molecule has 0 bridgehead atoms. The third-order valence-corrected chi connectivity index (χ3v) is 14.2. The first-order valence-electron chi connectivity index (χ1n) is 23.5. The first kappa shape index (κ1) is 39.1. The van der Waals surface area contributed by atoms with Crippen molar-refractivity contribution in [2.45, 2.75) is 5.41 Å². The summed E-state index contributed by atoms with van der Waals surface area (Å²) in [5, 5.41) is 4.45. The molecule has 0 N–H and O–H groups in total. The fourth-order valence-electron chi connectivity index (χ4n) is 11.1. The molecule has 2 aliphatic heterocycles. The number of fused-ring (bicyclic) bond motifs is 13. The zero-order valence-corrected chi connectivity index (χ0v) is 37.3. The Morgan fingerprint density at radius 1 is 0.304 bits per heavy atom. The number of rotatable bonds is 6. The summed E-state index contributed by atoms with van der Waals surface area (Å²) in [6.45, 7) is 0. The van der Waals surface area contributed by atoms with Gasteiger partial charge in [0.25, 0.3) is 0 Å². The van der Waals surface area contributed by atoms with Gasteiger partial charge in [0.05, 0.1) is 5.41 Å². The Balaban J connectivity index is 0.878. The van der Waals surface area contributed by atoms with Crippen LogP contribution in [0.1, 0.15) is 22.3 Å². The summed E-state index contributed by atoms with van der Waals surface area (Å²) < 4.78 is 19.9. The molecule has 0 aliphatic carbocycles. The second kappa shape index (κ2) is 15.5. The summed E-state index contributed by atoms with van der Waals surface area (Å²) in [5.74, 6) is 3.37. The highest BCUT2D eigenvalue weighted by atomic mass is 16.5. The molecular formula is C65H41NO3. The predicted molar refractivity (Wildman–Crippen MR) is 281 cm³/mol. The quantitative estimate of drug-likeness (QED) is 0.167. The van der Waals surface area contributed by atoms with E-state index in [2.05, 4.69) is 229 Å². The second-order valence-corrected chi connectivity index (χ2v) is 17.9. The summed E-state index contributed by atoms with van der Waals surface area (Å²) in [6.07, 6.45) is 0. The number of furan rings is 1. The third kappa shape index (κ3) is 6.09. The Morgan fingerprint density at radius 2 is 0.797 bits per heavy atom. The number of anilines is 3. The van der Waals surface area contributed by atoms with Gasteiger partial charge in [-0.3, -0.25) is 0 Å². The van der Waals surface area contributed by atoms with Gasteiger partial charge < -0.3 is 18.8 Å². The van der Waals surface area contributed by atoms with Gasteiger partial charge in [-0.25, -0.2) is 0 Å². The van der Waals surface area contributed by atoms with Crippen LogP contribution in [0.25, 0.3) is 66.1 Å². The molecule has 2 aliphatic rings. The molecule has 69 heavy (non-hydrogen) atoms. The lowest BCUT2D eigenvalue weighted by molar-refractivity contribution is 0.399. The van der Waals surface area contributed by atoms with E-state index >= 15 is 0 Å². The molecule has 0 amide bonds. The van der Waals surface area contributed by atoms with Crippen molar-refractivity contribution in [2.75, 3.05) is 4.90 Å². The van der Waals surface area contributed by atoms with E-state index in [0.29, 0.717) is 0 Å². The molecule has 11 aromatic carbocycles. The third-order valence-electron chi connectivity index (χ3n) is 14.2. The summed E-state index contributed by atoms with van der Waals surface area (Å²) in [7, 11) is 0. The van der Waals surface area contributed by atoms with Crippen molar-refractivity contribution < 1.29 is 13.9 Å². The van der Waals surface area contributed by atoms with Crippen LogP contribution in [0.5, 0.6) is 23.0 Å². The maximum absolute atomic E-state index is 6.87. The van der Waals surface area contributed by atoms with Crippen LogP contribution in [-0.2, 0) is 5.41 Å². The van der Waals surface area contributed by atoms with Gasteiger partial charge in [-0.05, 0) is 118 Å². The molecule has 1 aromatic heterocycles. The van der Waals surface area contributed by atoms with Crippen molar-refractivity contribution in [3.8, 4) is 56.4 Å². The van der Waals surface area contributed by atoms with Crippen LogP contribution in [0.15, 0.2) is 253 Å². The topological polar surface area (TPSA) is 34.8 Å². The maximum atomic E-state index is 6.87. The molecule has 0 radical (unpaired) electrons. The Labute approximate surface area is 399 Å². The Bertz CT molecular complexity index is 3900. The lowest BCUT2D eigenvalue weighted by Gasteiger charge is -2.44. The van der Waals surface area contributed by atoms with E-state index in [9.17, 15) is 0 Å². The van der Waals surface area contributed by atoms with E-state index < -0.39 is 5.41 Å². The highest BCUT2D eigenvalue weighted by Gasteiger charge is 2.50. The number of hydrogen-bond acceptors (Lipinski definition) is 4. The van der Waals surface area contributed by atoms with Gasteiger partial charge in [0.15, 0.2) is 0 Å². The average Bonchev–Trinajstić information content (AvgIpc) is 3.81. The van der Waals surface area contributed by atoms with E-state index in [1.807, 2.05) is 24.3 Å². The van der Waals surface area contributed by atoms with Gasteiger partial charge in [0.2, 0.25) is 0 Å². The molecule has 0 atom stereocenters. The van der Waals surface area contributed by atoms with Crippen LogP contribution in [-0.4, -0.2) is 0 Å². The molecular weight excluding hydrogens is 843 g/mol. The predicted octanol–water partition coefficient (Wildman–Crippen LogP) is 17.8. The van der Waals surface area contributed by atoms with E-state index in [4.69, 9.17) is 13.9 Å². The lowest BCUT2D eigenvalue weighted by Crippen LogP contribution is -2.36. The van der Waals surface area contributed by atoms with Gasteiger partial charge in [-0.1, -0.05) is 170 Å². The highest BCUT2D eigenvalue weighted by Crippen LogP contribution is 2.61. The minimum absolute atomic E-state index is 0.631. The Hall–Kier alpha value is -9.12. The standard InChI is InChI=1S/C65H41NO3/c1-2-14-43(15-3-1)50-16-4-5-17-51(50)44-28-34-48(35-29-44)66(49-36-38-52-46(40-49)30-37-54-53-18-6-10-22-59(53)69-64(52)54)47-32-26-42(27-33-47)45-31-39-58-63(41-45)68-62-25-13-9-21-57(62)65(58)55-19-7-11-23-60(55)67-61-24-12-8-20-56(61)65/h1-41H. The van der Waals surface area contributed by atoms with Crippen LogP contribution in [0.3, 0.4) is 0 Å². The van der Waals surface area contributed by atoms with Crippen molar-refractivity contribution in [1.82, 2.24) is 0 Å². The smallest absolute Gasteiger partial charge is 0.143 e. The molecule has 14 rings (SSSR count). The summed E-state index contributed by atoms with van der Waals surface area (Å²) in [5.41, 5.74) is 15.6. The van der Waals surface area contributed by atoms with Crippen LogP contribution in [0.2, 0.25) is 0 Å². The molecule has 0 saturated carbocycles. The number of nitrogens with zero attached hydrogens (tertiary/aromatic N) is 1. The number of ether oxygens (including phenoxy) is 2. The van der Waals surface area contributed by atoms with Crippen LogP contribution < -0.4 is 14.4 Å². The summed E-state index contributed by atoms with van der Waals surface area (Å²) in [6, 6.07) is 88.4. The molecule has 0 saturated heterocycles. The van der Waals surface area contributed by atoms with Crippen molar-refractivity contribution in [3.63, 3.8) is 0 Å². The van der Waals surface area contributed by atoms with Crippen LogP contribution >= 0.6 is 0 Å². The van der Waals surface area contributed by atoms with Gasteiger partial charge >= 0.3 is 0 Å². The summed E-state index contributed by atoms with van der Waals surface area (Å²) >= 11 is 0. The van der Waals surface area contributed by atoms with Crippen molar-refractivity contribution in [1.29, 1.82) is 0 Å². The van der Waals surface area contributed by atoms with E-state index in [0.717, 1.165) is 112 Å². The molecule has 12 aromatic rings. The summed E-state index contributed by atoms with van der Waals surface area (Å²) in [4.78, 5) is 2.34. The maximum Gasteiger partial charge on any atom is 0.143 e. The van der Waals surface area contributed by atoms with Crippen molar-refractivity contribution in [3.05, 3.63) is 271 Å². The fourth-order valence-corrected chi connectivity index (χ4v) is 11.1. The molecule has 4 nitrogen and oxygen atoms in total. The average molecular weight is 884 g/mol. The molecule has 3 heterocycles. The first-order valence-corrected chi connectivity index (χ1v) is 23.5. The number of hydrogen-bond donors (Lipinski definition) is 0. The SMILES string of the molecule is c1ccc(-c2ccccc2-c2ccc(N(c3ccc(-c4ccc5c(c4)Oc4ccccc4C54c5ccccc5Oc5ccccc54)cc3)c3ccc4c(ccc5c6ccccc6oc45)c3)cc2)cc1. The fraction of sp³-hybridized carbons (Fsp3) is 0.0154. The van der Waals surface area contributed by atoms with Gasteiger partial charge in [-0.2, -0.15) is 0 Å². The van der Waals surface area contributed by atoms with E-state index in [-0.39, 0.29) is 0 Å². The highest BCUT2D eigenvalue weighted by molar-refractivity contribution is 6.15.